The minimum atomic E-state index is 0.713. The summed E-state index contributed by atoms with van der Waals surface area (Å²) in [5.74, 6) is 0. The molecule has 0 radical (unpaired) electrons. The van der Waals surface area contributed by atoms with Crippen molar-refractivity contribution in [3.05, 3.63) is 57.6 Å². The number of hydrazone groups is 2. The van der Waals surface area contributed by atoms with Gasteiger partial charge in [-0.3, -0.25) is 10.9 Å². The first-order valence-corrected chi connectivity index (χ1v) is 9.38. The van der Waals surface area contributed by atoms with E-state index in [9.17, 15) is 0 Å². The molecule has 4 nitrogen and oxygen atoms in total. The van der Waals surface area contributed by atoms with Gasteiger partial charge in [0.05, 0.1) is 22.8 Å². The molecule has 2 aromatic rings. The Morgan fingerprint density at radius 2 is 1.15 bits per heavy atom. The normalized spacial score (nSPS) is 12.2. The second-order valence-corrected chi connectivity index (χ2v) is 6.79. The van der Waals surface area contributed by atoms with Gasteiger partial charge in [0.25, 0.3) is 0 Å². The number of benzene rings is 2. The van der Waals surface area contributed by atoms with E-state index in [1.54, 1.807) is 0 Å². The fourth-order valence-corrected chi connectivity index (χ4v) is 2.65. The Morgan fingerprint density at radius 3 is 1.46 bits per heavy atom. The maximum Gasteiger partial charge on any atom is 0.0836 e. The first kappa shape index (κ1) is 20.3. The van der Waals surface area contributed by atoms with E-state index in [1.807, 2.05) is 50.2 Å². The standard InChI is InChI=1S/C20H24Cl2N4/c1-5-19(25-23-15-9-7-13(3)17(21)11-15)20(6-2)26-24-16-10-8-14(4)18(22)12-16/h7-12,23-24H,5-6H2,1-4H3. The number of anilines is 2. The average molecular weight is 391 g/mol. The largest absolute Gasteiger partial charge is 0.278 e. The minimum absolute atomic E-state index is 0.713. The van der Waals surface area contributed by atoms with Crippen molar-refractivity contribution in [1.29, 1.82) is 0 Å². The van der Waals surface area contributed by atoms with Crippen molar-refractivity contribution in [2.45, 2.75) is 40.5 Å². The van der Waals surface area contributed by atoms with Gasteiger partial charge in [-0.15, -0.1) is 0 Å². The Hall–Kier alpha value is -2.04. The van der Waals surface area contributed by atoms with Gasteiger partial charge in [-0.2, -0.15) is 10.2 Å². The third-order valence-corrected chi connectivity index (χ3v) is 4.80. The summed E-state index contributed by atoms with van der Waals surface area (Å²) in [6.45, 7) is 8.04. The van der Waals surface area contributed by atoms with Crippen LogP contribution in [0.1, 0.15) is 37.8 Å². The number of rotatable bonds is 7. The molecular formula is C20H24Cl2N4. The van der Waals surface area contributed by atoms with Crippen molar-refractivity contribution in [1.82, 2.24) is 0 Å². The van der Waals surface area contributed by atoms with E-state index in [0.717, 1.165) is 46.8 Å². The number of halogens is 2. The quantitative estimate of drug-likeness (QED) is 0.409. The summed E-state index contributed by atoms with van der Waals surface area (Å²) in [7, 11) is 0. The van der Waals surface area contributed by atoms with Crippen LogP contribution in [0.5, 0.6) is 0 Å². The van der Waals surface area contributed by atoms with Gasteiger partial charge in [-0.1, -0.05) is 49.2 Å². The Balaban J connectivity index is 2.15. The van der Waals surface area contributed by atoms with Gasteiger partial charge in [0.1, 0.15) is 0 Å². The Labute approximate surface area is 165 Å². The smallest absolute Gasteiger partial charge is 0.0836 e. The van der Waals surface area contributed by atoms with Gasteiger partial charge in [-0.25, -0.2) is 0 Å². The van der Waals surface area contributed by atoms with Crippen LogP contribution in [0.25, 0.3) is 0 Å². The summed E-state index contributed by atoms with van der Waals surface area (Å²) in [6.07, 6.45) is 1.52. The van der Waals surface area contributed by atoms with E-state index in [2.05, 4.69) is 34.9 Å². The monoisotopic (exact) mass is 390 g/mol. The minimum Gasteiger partial charge on any atom is -0.278 e. The van der Waals surface area contributed by atoms with Crippen LogP contribution < -0.4 is 10.9 Å². The van der Waals surface area contributed by atoms with E-state index in [0.29, 0.717) is 10.0 Å². The van der Waals surface area contributed by atoms with E-state index in [1.165, 1.54) is 0 Å². The van der Waals surface area contributed by atoms with Crippen LogP contribution in [0.4, 0.5) is 11.4 Å². The van der Waals surface area contributed by atoms with E-state index >= 15 is 0 Å². The van der Waals surface area contributed by atoms with Gasteiger partial charge in [0.2, 0.25) is 0 Å². The lowest BCUT2D eigenvalue weighted by Crippen LogP contribution is -2.16. The highest BCUT2D eigenvalue weighted by Gasteiger charge is 2.06. The number of nitrogens with one attached hydrogen (secondary N) is 2. The summed E-state index contributed by atoms with van der Waals surface area (Å²) < 4.78 is 0. The Kier molecular flexibility index (Phi) is 7.49. The van der Waals surface area contributed by atoms with Gasteiger partial charge < -0.3 is 0 Å². The van der Waals surface area contributed by atoms with Crippen LogP contribution in [0.3, 0.4) is 0 Å². The topological polar surface area (TPSA) is 48.8 Å². The molecule has 0 bridgehead atoms. The van der Waals surface area contributed by atoms with Crippen molar-refractivity contribution in [3.63, 3.8) is 0 Å². The van der Waals surface area contributed by atoms with Crippen LogP contribution in [0.15, 0.2) is 46.6 Å². The molecule has 6 heteroatoms. The van der Waals surface area contributed by atoms with Crippen molar-refractivity contribution in [2.75, 3.05) is 10.9 Å². The molecule has 0 aromatic heterocycles. The molecule has 0 saturated heterocycles. The molecule has 0 unspecified atom stereocenters. The molecule has 0 fully saturated rings. The zero-order valence-corrected chi connectivity index (χ0v) is 17.0. The van der Waals surface area contributed by atoms with Crippen LogP contribution in [0.2, 0.25) is 10.0 Å². The van der Waals surface area contributed by atoms with Crippen LogP contribution in [-0.2, 0) is 0 Å². The third-order valence-electron chi connectivity index (χ3n) is 3.99. The molecule has 0 aliphatic heterocycles. The summed E-state index contributed by atoms with van der Waals surface area (Å²) in [5.41, 5.74) is 11.7. The van der Waals surface area contributed by atoms with Crippen molar-refractivity contribution in [2.24, 2.45) is 10.2 Å². The fraction of sp³-hybridized carbons (Fsp3) is 0.300. The van der Waals surface area contributed by atoms with Crippen LogP contribution in [-0.4, -0.2) is 11.4 Å². The van der Waals surface area contributed by atoms with Crippen LogP contribution in [0, 0.1) is 13.8 Å². The molecule has 0 atom stereocenters. The molecule has 2 N–H and O–H groups in total. The van der Waals surface area contributed by atoms with E-state index < -0.39 is 0 Å². The summed E-state index contributed by atoms with van der Waals surface area (Å²) in [4.78, 5) is 0. The molecule has 0 amide bonds. The average Bonchev–Trinajstić information content (AvgIpc) is 2.63. The first-order chi connectivity index (χ1) is 12.4. The second-order valence-electron chi connectivity index (χ2n) is 5.98. The molecule has 0 saturated carbocycles. The van der Waals surface area contributed by atoms with Gasteiger partial charge >= 0.3 is 0 Å². The maximum absolute atomic E-state index is 6.16. The lowest BCUT2D eigenvalue weighted by Gasteiger charge is -2.10. The molecule has 138 valence electrons. The SMILES string of the molecule is CCC(=NNc1ccc(C)c(Cl)c1)C(CC)=NNc1ccc(C)c(Cl)c1. The molecular weight excluding hydrogens is 367 g/mol. The number of hydrogen-bond acceptors (Lipinski definition) is 4. The Morgan fingerprint density at radius 1 is 0.769 bits per heavy atom. The van der Waals surface area contributed by atoms with Gasteiger partial charge in [0, 0.05) is 10.0 Å². The predicted octanol–water partition coefficient (Wildman–Crippen LogP) is 6.67. The van der Waals surface area contributed by atoms with Gasteiger partial charge in [0.15, 0.2) is 0 Å². The van der Waals surface area contributed by atoms with Crippen LogP contribution >= 0.6 is 23.2 Å². The van der Waals surface area contributed by atoms with Gasteiger partial charge in [-0.05, 0) is 62.1 Å². The highest BCUT2D eigenvalue weighted by atomic mass is 35.5. The summed E-state index contributed by atoms with van der Waals surface area (Å²) in [5, 5.41) is 10.4. The number of nitrogens with zero attached hydrogens (tertiary/aromatic N) is 2. The molecule has 0 spiro atoms. The predicted molar refractivity (Wildman–Crippen MR) is 115 cm³/mol. The molecule has 0 heterocycles. The second kappa shape index (κ2) is 9.60. The van der Waals surface area contributed by atoms with Crippen molar-refractivity contribution in [3.8, 4) is 0 Å². The third kappa shape index (κ3) is 5.48. The number of hydrogen-bond donors (Lipinski definition) is 2. The van der Waals surface area contributed by atoms with E-state index in [4.69, 9.17) is 23.2 Å². The highest BCUT2D eigenvalue weighted by Crippen LogP contribution is 2.21. The summed E-state index contributed by atoms with van der Waals surface area (Å²) >= 11 is 12.3. The molecule has 2 aromatic carbocycles. The Bertz CT molecular complexity index is 759. The zero-order valence-electron chi connectivity index (χ0n) is 15.5. The summed E-state index contributed by atoms with van der Waals surface area (Å²) in [6, 6.07) is 11.6. The molecule has 0 aliphatic rings. The molecule has 2 rings (SSSR count). The highest BCUT2D eigenvalue weighted by molar-refractivity contribution is 6.42. The fourth-order valence-electron chi connectivity index (χ4n) is 2.28. The zero-order chi connectivity index (χ0) is 19.1. The number of aryl methyl sites for hydroxylation is 2. The maximum atomic E-state index is 6.16. The lowest BCUT2D eigenvalue weighted by atomic mass is 10.1. The van der Waals surface area contributed by atoms with Crippen molar-refractivity contribution < 1.29 is 0 Å². The van der Waals surface area contributed by atoms with Crippen molar-refractivity contribution >= 4 is 46.0 Å². The lowest BCUT2D eigenvalue weighted by molar-refractivity contribution is 1.19. The molecule has 26 heavy (non-hydrogen) atoms. The van der Waals surface area contributed by atoms with E-state index in [-0.39, 0.29) is 0 Å². The first-order valence-electron chi connectivity index (χ1n) is 8.62. The molecule has 0 aliphatic carbocycles.